The molecule has 0 atom stereocenters. The molecule has 0 unspecified atom stereocenters. The Kier molecular flexibility index (Phi) is 3.43. The molecule has 0 radical (unpaired) electrons. The Bertz CT molecular complexity index is 808. The van der Waals surface area contributed by atoms with Gasteiger partial charge in [0, 0.05) is 10.6 Å². The van der Waals surface area contributed by atoms with Gasteiger partial charge in [0.05, 0.1) is 5.56 Å². The molecule has 2 aromatic carbocycles. The van der Waals surface area contributed by atoms with Gasteiger partial charge in [-0.3, -0.25) is 0 Å². The van der Waals surface area contributed by atoms with E-state index in [1.54, 1.807) is 0 Å². The quantitative estimate of drug-likeness (QED) is 0.735. The molecule has 2 N–H and O–H groups in total. The van der Waals surface area contributed by atoms with Crippen LogP contribution in [0.25, 0.3) is 22.5 Å². The van der Waals surface area contributed by atoms with Crippen LogP contribution in [0.15, 0.2) is 47.0 Å². The lowest BCUT2D eigenvalue weighted by molar-refractivity contribution is 0.436. The number of nitrogen functional groups attached to an aromatic ring is 1. The van der Waals surface area contributed by atoms with Crippen LogP contribution in [-0.4, -0.2) is 5.16 Å². The Labute approximate surface area is 128 Å². The summed E-state index contributed by atoms with van der Waals surface area (Å²) in [6, 6.07) is 13.8. The third-order valence-corrected chi connectivity index (χ3v) is 3.97. The van der Waals surface area contributed by atoms with Gasteiger partial charge in [-0.15, -0.1) is 0 Å². The topological polar surface area (TPSA) is 52.0 Å². The highest BCUT2D eigenvalue weighted by Crippen LogP contribution is 2.38. The molecular weight excluding hydrogens is 284 g/mol. The molecule has 0 saturated heterocycles. The monoisotopic (exact) mass is 298 g/mol. The van der Waals surface area contributed by atoms with E-state index in [0.29, 0.717) is 16.6 Å². The molecule has 3 aromatic rings. The molecule has 1 aromatic heterocycles. The molecule has 0 bridgehead atoms. The normalized spacial score (nSPS) is 10.8. The number of benzene rings is 2. The minimum absolute atomic E-state index is 0.385. The largest absolute Gasteiger partial charge is 0.380 e. The minimum atomic E-state index is 0.385. The SMILES string of the molecule is Cc1ccc(-c2onc(N)c2-c2ccccc2C)cc1Cl. The summed E-state index contributed by atoms with van der Waals surface area (Å²) < 4.78 is 5.45. The van der Waals surface area contributed by atoms with E-state index < -0.39 is 0 Å². The van der Waals surface area contributed by atoms with Crippen molar-refractivity contribution in [2.75, 3.05) is 5.73 Å². The molecule has 0 spiro atoms. The fraction of sp³-hybridized carbons (Fsp3) is 0.118. The predicted octanol–water partition coefficient (Wildman–Crippen LogP) is 4.86. The van der Waals surface area contributed by atoms with Crippen molar-refractivity contribution in [3.63, 3.8) is 0 Å². The van der Waals surface area contributed by atoms with Crippen molar-refractivity contribution in [2.45, 2.75) is 13.8 Å². The first-order valence-electron chi connectivity index (χ1n) is 6.65. The highest BCUT2D eigenvalue weighted by atomic mass is 35.5. The number of anilines is 1. The maximum atomic E-state index is 6.21. The van der Waals surface area contributed by atoms with E-state index in [0.717, 1.165) is 27.8 Å². The Morgan fingerprint density at radius 1 is 1.05 bits per heavy atom. The Morgan fingerprint density at radius 2 is 1.81 bits per heavy atom. The summed E-state index contributed by atoms with van der Waals surface area (Å²) in [5, 5.41) is 4.62. The molecule has 21 heavy (non-hydrogen) atoms. The van der Waals surface area contributed by atoms with Crippen molar-refractivity contribution in [1.29, 1.82) is 0 Å². The second-order valence-corrected chi connectivity index (χ2v) is 5.46. The van der Waals surface area contributed by atoms with Crippen LogP contribution in [0, 0.1) is 13.8 Å². The molecule has 4 heteroatoms. The summed E-state index contributed by atoms with van der Waals surface area (Å²) in [6.07, 6.45) is 0. The average Bonchev–Trinajstić information content (AvgIpc) is 2.84. The van der Waals surface area contributed by atoms with Crippen LogP contribution < -0.4 is 5.73 Å². The number of hydrogen-bond donors (Lipinski definition) is 1. The van der Waals surface area contributed by atoms with Gasteiger partial charge in [-0.1, -0.05) is 53.2 Å². The van der Waals surface area contributed by atoms with Crippen molar-refractivity contribution in [2.24, 2.45) is 0 Å². The van der Waals surface area contributed by atoms with Crippen molar-refractivity contribution in [1.82, 2.24) is 5.16 Å². The molecule has 0 aliphatic rings. The molecule has 0 fully saturated rings. The average molecular weight is 299 g/mol. The van der Waals surface area contributed by atoms with Crippen LogP contribution in [0.4, 0.5) is 5.82 Å². The van der Waals surface area contributed by atoms with Crippen LogP contribution in [0.2, 0.25) is 5.02 Å². The lowest BCUT2D eigenvalue weighted by Crippen LogP contribution is -1.91. The second-order valence-electron chi connectivity index (χ2n) is 5.05. The zero-order valence-electron chi connectivity index (χ0n) is 11.9. The second kappa shape index (κ2) is 5.26. The Balaban J connectivity index is 2.22. The first kappa shape index (κ1) is 13.7. The van der Waals surface area contributed by atoms with Crippen LogP contribution in [0.5, 0.6) is 0 Å². The fourth-order valence-electron chi connectivity index (χ4n) is 2.35. The van der Waals surface area contributed by atoms with Crippen molar-refractivity contribution >= 4 is 17.4 Å². The van der Waals surface area contributed by atoms with Gasteiger partial charge < -0.3 is 10.3 Å². The van der Waals surface area contributed by atoms with Gasteiger partial charge in [0.15, 0.2) is 11.6 Å². The van der Waals surface area contributed by atoms with E-state index in [2.05, 4.69) is 5.16 Å². The molecule has 0 saturated carbocycles. The zero-order valence-corrected chi connectivity index (χ0v) is 12.6. The predicted molar refractivity (Wildman–Crippen MR) is 86.3 cm³/mol. The lowest BCUT2D eigenvalue weighted by Gasteiger charge is -2.07. The van der Waals surface area contributed by atoms with E-state index in [1.807, 2.05) is 56.3 Å². The first-order chi connectivity index (χ1) is 10.1. The summed E-state index contributed by atoms with van der Waals surface area (Å²) in [7, 11) is 0. The van der Waals surface area contributed by atoms with E-state index in [1.165, 1.54) is 0 Å². The van der Waals surface area contributed by atoms with Gasteiger partial charge >= 0.3 is 0 Å². The standard InChI is InChI=1S/C17H15ClN2O/c1-10-5-3-4-6-13(10)15-16(21-20-17(15)19)12-8-7-11(2)14(18)9-12/h3-9H,1-2H3,(H2,19,20). The van der Waals surface area contributed by atoms with Gasteiger partial charge in [-0.2, -0.15) is 0 Å². The Morgan fingerprint density at radius 3 is 2.52 bits per heavy atom. The number of hydrogen-bond acceptors (Lipinski definition) is 3. The molecule has 1 heterocycles. The molecule has 0 aliphatic carbocycles. The summed E-state index contributed by atoms with van der Waals surface area (Å²) in [6.45, 7) is 4.00. The molecule has 0 aliphatic heterocycles. The molecular formula is C17H15ClN2O. The summed E-state index contributed by atoms with van der Waals surface area (Å²) in [5.74, 6) is 1.03. The van der Waals surface area contributed by atoms with Crippen molar-refractivity contribution < 1.29 is 4.52 Å². The smallest absolute Gasteiger partial charge is 0.176 e. The summed E-state index contributed by atoms with van der Waals surface area (Å²) >= 11 is 6.21. The molecule has 0 amide bonds. The van der Waals surface area contributed by atoms with Gasteiger partial charge in [0.25, 0.3) is 0 Å². The minimum Gasteiger partial charge on any atom is -0.380 e. The van der Waals surface area contributed by atoms with Crippen LogP contribution in [-0.2, 0) is 0 Å². The van der Waals surface area contributed by atoms with Gasteiger partial charge in [0.2, 0.25) is 0 Å². The Hall–Kier alpha value is -2.26. The number of aromatic nitrogens is 1. The highest BCUT2D eigenvalue weighted by Gasteiger charge is 2.19. The van der Waals surface area contributed by atoms with E-state index in [9.17, 15) is 0 Å². The molecule has 3 nitrogen and oxygen atoms in total. The van der Waals surface area contributed by atoms with Crippen LogP contribution >= 0.6 is 11.6 Å². The highest BCUT2D eigenvalue weighted by molar-refractivity contribution is 6.31. The zero-order chi connectivity index (χ0) is 15.0. The molecule has 3 rings (SSSR count). The maximum Gasteiger partial charge on any atom is 0.176 e. The maximum absolute atomic E-state index is 6.21. The van der Waals surface area contributed by atoms with E-state index >= 15 is 0 Å². The van der Waals surface area contributed by atoms with E-state index in [-0.39, 0.29) is 0 Å². The van der Waals surface area contributed by atoms with E-state index in [4.69, 9.17) is 21.9 Å². The number of halogens is 1. The number of nitrogens with zero attached hydrogens (tertiary/aromatic N) is 1. The van der Waals surface area contributed by atoms with Crippen molar-refractivity contribution in [3.8, 4) is 22.5 Å². The lowest BCUT2D eigenvalue weighted by atomic mass is 9.97. The fourth-order valence-corrected chi connectivity index (χ4v) is 2.53. The number of rotatable bonds is 2. The third-order valence-electron chi connectivity index (χ3n) is 3.57. The number of nitrogens with two attached hydrogens (primary N) is 1. The van der Waals surface area contributed by atoms with Crippen LogP contribution in [0.3, 0.4) is 0 Å². The van der Waals surface area contributed by atoms with Gasteiger partial charge in [-0.05, 0) is 36.6 Å². The van der Waals surface area contributed by atoms with Gasteiger partial charge in [-0.25, -0.2) is 0 Å². The summed E-state index contributed by atoms with van der Waals surface area (Å²) in [4.78, 5) is 0. The number of aryl methyl sites for hydroxylation is 2. The summed E-state index contributed by atoms with van der Waals surface area (Å²) in [5.41, 5.74) is 10.8. The molecule has 106 valence electrons. The van der Waals surface area contributed by atoms with Gasteiger partial charge in [0.1, 0.15) is 0 Å². The third kappa shape index (κ3) is 2.41. The van der Waals surface area contributed by atoms with Crippen LogP contribution in [0.1, 0.15) is 11.1 Å². The first-order valence-corrected chi connectivity index (χ1v) is 7.03. The van der Waals surface area contributed by atoms with Crippen molar-refractivity contribution in [3.05, 3.63) is 58.6 Å².